The van der Waals surface area contributed by atoms with Crippen LogP contribution in [0.15, 0.2) is 24.3 Å². The number of allylic oxidation sites excluding steroid dienone is 1. The van der Waals surface area contributed by atoms with Crippen molar-refractivity contribution >= 4 is 29.5 Å². The molecule has 0 saturated carbocycles. The van der Waals surface area contributed by atoms with Crippen LogP contribution in [-0.4, -0.2) is 80.1 Å². The molecule has 1 unspecified atom stereocenters. The molecule has 7 nitrogen and oxygen atoms in total. The number of cyclic esters (lactones) is 1. The molecular weight excluding hydrogens is 452 g/mol. The van der Waals surface area contributed by atoms with E-state index in [1.165, 1.54) is 0 Å². The maximum atomic E-state index is 14.1. The van der Waals surface area contributed by atoms with Crippen LogP contribution in [0, 0.1) is 11.8 Å². The quantitative estimate of drug-likeness (QED) is 0.370. The summed E-state index contributed by atoms with van der Waals surface area (Å²) in [6, 6.07) is -0.692. The highest BCUT2D eigenvalue weighted by atomic mass is 32.2. The Balaban J connectivity index is 1.84. The Kier molecular flexibility index (Phi) is 6.95. The zero-order valence-corrected chi connectivity index (χ0v) is 21.6. The van der Waals surface area contributed by atoms with E-state index < -0.39 is 32.9 Å². The van der Waals surface area contributed by atoms with Gasteiger partial charge in [-0.15, -0.1) is 11.8 Å². The van der Waals surface area contributed by atoms with E-state index >= 15 is 0 Å². The predicted octanol–water partition coefficient (Wildman–Crippen LogP) is 2.93. The lowest BCUT2D eigenvalue weighted by atomic mass is 9.74. The summed E-state index contributed by atoms with van der Waals surface area (Å²) in [5.41, 5.74) is -0.408. The minimum atomic E-state index is -0.843. The van der Waals surface area contributed by atoms with E-state index in [1.807, 2.05) is 44.7 Å². The van der Waals surface area contributed by atoms with Crippen LogP contribution in [0.4, 0.5) is 0 Å². The number of fused-ring (bicyclic) bond motifs is 2. The third-order valence-corrected chi connectivity index (χ3v) is 9.41. The molecule has 34 heavy (non-hydrogen) atoms. The number of rotatable bonds is 4. The number of aliphatic hydroxyl groups is 1. The van der Waals surface area contributed by atoms with Crippen molar-refractivity contribution in [1.82, 2.24) is 9.80 Å². The molecular formula is C26H38N2O5S. The van der Waals surface area contributed by atoms with Crippen molar-refractivity contribution < 1.29 is 24.2 Å². The van der Waals surface area contributed by atoms with Crippen molar-refractivity contribution in [3.8, 4) is 0 Å². The first-order valence-corrected chi connectivity index (χ1v) is 13.3. The van der Waals surface area contributed by atoms with Crippen LogP contribution >= 0.6 is 11.8 Å². The molecule has 4 rings (SSSR count). The van der Waals surface area contributed by atoms with Gasteiger partial charge in [0.2, 0.25) is 11.8 Å². The van der Waals surface area contributed by atoms with E-state index in [0.717, 1.165) is 19.3 Å². The maximum Gasteiger partial charge on any atom is 0.311 e. The lowest BCUT2D eigenvalue weighted by Gasteiger charge is -2.41. The molecule has 2 saturated heterocycles. The summed E-state index contributed by atoms with van der Waals surface area (Å²) >= 11 is 1.58. The number of likely N-dealkylation sites (tertiary alicyclic amines) is 1. The van der Waals surface area contributed by atoms with Gasteiger partial charge in [0.15, 0.2) is 0 Å². The molecule has 188 valence electrons. The van der Waals surface area contributed by atoms with Crippen molar-refractivity contribution in [3.05, 3.63) is 24.3 Å². The summed E-state index contributed by atoms with van der Waals surface area (Å²) in [6.07, 6.45) is 12.0. The first-order valence-electron chi connectivity index (χ1n) is 12.5. The second kappa shape index (κ2) is 9.34. The van der Waals surface area contributed by atoms with Crippen molar-refractivity contribution in [2.45, 2.75) is 80.9 Å². The maximum absolute atomic E-state index is 14.1. The van der Waals surface area contributed by atoms with Crippen LogP contribution in [0.3, 0.4) is 0 Å². The topological polar surface area (TPSA) is 87.2 Å². The first-order chi connectivity index (χ1) is 16.1. The third kappa shape index (κ3) is 4.11. The van der Waals surface area contributed by atoms with Crippen molar-refractivity contribution in [3.63, 3.8) is 0 Å². The fraction of sp³-hybridized carbons (Fsp3) is 0.731. The van der Waals surface area contributed by atoms with E-state index in [-0.39, 0.29) is 24.4 Å². The fourth-order valence-electron chi connectivity index (χ4n) is 6.03. The van der Waals surface area contributed by atoms with Crippen LogP contribution < -0.4 is 0 Å². The summed E-state index contributed by atoms with van der Waals surface area (Å²) < 4.78 is 4.20. The Morgan fingerprint density at radius 2 is 1.85 bits per heavy atom. The third-order valence-electron chi connectivity index (χ3n) is 7.62. The average molecular weight is 491 g/mol. The van der Waals surface area contributed by atoms with Gasteiger partial charge in [-0.2, -0.15) is 0 Å². The number of hydrogen-bond donors (Lipinski definition) is 1. The first kappa shape index (κ1) is 25.3. The van der Waals surface area contributed by atoms with Gasteiger partial charge in [-0.3, -0.25) is 14.4 Å². The lowest BCUT2D eigenvalue weighted by molar-refractivity contribution is -0.154. The predicted molar refractivity (Wildman–Crippen MR) is 132 cm³/mol. The van der Waals surface area contributed by atoms with Crippen LogP contribution in [0.2, 0.25) is 0 Å². The molecule has 4 aliphatic heterocycles. The molecule has 4 heterocycles. The summed E-state index contributed by atoms with van der Waals surface area (Å²) in [6.45, 7) is 9.27. The number of thioether (sulfide) groups is 1. The number of amides is 2. The van der Waals surface area contributed by atoms with Gasteiger partial charge >= 0.3 is 5.97 Å². The molecule has 5 atom stereocenters. The van der Waals surface area contributed by atoms with Gasteiger partial charge in [0.05, 0.1) is 23.2 Å². The van der Waals surface area contributed by atoms with Crippen molar-refractivity contribution in [2.75, 3.05) is 26.3 Å². The van der Waals surface area contributed by atoms with Crippen molar-refractivity contribution in [1.29, 1.82) is 0 Å². The van der Waals surface area contributed by atoms with E-state index in [0.29, 0.717) is 32.5 Å². The van der Waals surface area contributed by atoms with E-state index in [9.17, 15) is 19.5 Å². The molecule has 0 radical (unpaired) electrons. The SMILES string of the molecule is CC(C)(C)N1CC=C[C@]23S[C@]4(C)/C=C\CCCCOC(=O)[C@@H]4[C@H]2C(=O)N(CCCCO)C3C1=O. The standard InChI is InChI=1S/C26H38N2O5S/c1-24(2,3)28-15-11-13-26-18(21(30)27(14-8-9-16-29)20(26)22(28)31)19-23(32)33-17-10-6-5-7-12-25(19,4)34-26/h7,11-13,18-20,29H,5-6,8-10,14-17H2,1-4H3/b12-7-/t18-,19-,20?,25+,26-/m0/s1. The van der Waals surface area contributed by atoms with Gasteiger partial charge in [-0.25, -0.2) is 0 Å². The average Bonchev–Trinajstić information content (AvgIpc) is 3.07. The molecule has 8 heteroatoms. The second-order valence-electron chi connectivity index (χ2n) is 11.0. The molecule has 0 bridgehead atoms. The Bertz CT molecular complexity index is 896. The number of hydrogen-bond acceptors (Lipinski definition) is 6. The summed E-state index contributed by atoms with van der Waals surface area (Å²) in [7, 11) is 0. The van der Waals surface area contributed by atoms with Crippen LogP contribution in [0.25, 0.3) is 0 Å². The number of esters is 1. The number of carbonyl (C=O) groups excluding carboxylic acids is 3. The molecule has 2 amide bonds. The Morgan fingerprint density at radius 3 is 2.56 bits per heavy atom. The summed E-state index contributed by atoms with van der Waals surface area (Å²) in [4.78, 5) is 45.2. The number of carbonyl (C=O) groups is 3. The van der Waals surface area contributed by atoms with Crippen LogP contribution in [-0.2, 0) is 19.1 Å². The van der Waals surface area contributed by atoms with Crippen LogP contribution in [0.5, 0.6) is 0 Å². The number of nitrogens with zero attached hydrogens (tertiary/aromatic N) is 2. The highest BCUT2D eigenvalue weighted by Gasteiger charge is 2.73. The van der Waals surface area contributed by atoms with Gasteiger partial charge in [-0.05, 0) is 59.8 Å². The lowest BCUT2D eigenvalue weighted by Crippen LogP contribution is -2.57. The molecule has 1 spiro atoms. The molecule has 4 aliphatic rings. The number of ether oxygens (including phenoxy) is 1. The zero-order chi connectivity index (χ0) is 24.7. The van der Waals surface area contributed by atoms with E-state index in [1.54, 1.807) is 16.7 Å². The molecule has 2 fully saturated rings. The Morgan fingerprint density at radius 1 is 1.09 bits per heavy atom. The highest BCUT2D eigenvalue weighted by Crippen LogP contribution is 2.65. The normalized spacial score (nSPS) is 37.1. The van der Waals surface area contributed by atoms with Crippen molar-refractivity contribution in [2.24, 2.45) is 11.8 Å². The minimum absolute atomic E-state index is 0.0375. The van der Waals surface area contributed by atoms with Gasteiger partial charge in [0, 0.05) is 30.0 Å². The van der Waals surface area contributed by atoms with Crippen LogP contribution in [0.1, 0.15) is 59.8 Å². The minimum Gasteiger partial charge on any atom is -0.465 e. The van der Waals surface area contributed by atoms with E-state index in [4.69, 9.17) is 4.74 Å². The fourth-order valence-corrected chi connectivity index (χ4v) is 8.19. The van der Waals surface area contributed by atoms with Gasteiger partial charge < -0.3 is 19.6 Å². The smallest absolute Gasteiger partial charge is 0.311 e. The monoisotopic (exact) mass is 490 g/mol. The molecule has 0 aromatic rings. The van der Waals surface area contributed by atoms with Gasteiger partial charge in [0.25, 0.3) is 0 Å². The largest absolute Gasteiger partial charge is 0.465 e. The summed E-state index contributed by atoms with van der Waals surface area (Å²) in [5.74, 6) is -1.90. The zero-order valence-electron chi connectivity index (χ0n) is 20.8. The van der Waals surface area contributed by atoms with Gasteiger partial charge in [0.1, 0.15) is 6.04 Å². The highest BCUT2D eigenvalue weighted by molar-refractivity contribution is 8.02. The molecule has 0 aromatic carbocycles. The number of unbranched alkanes of at least 4 members (excludes halogenated alkanes) is 1. The Hall–Kier alpha value is -1.80. The van der Waals surface area contributed by atoms with E-state index in [2.05, 4.69) is 12.2 Å². The second-order valence-corrected chi connectivity index (χ2v) is 12.8. The summed E-state index contributed by atoms with van der Waals surface area (Å²) in [5, 5.41) is 9.31. The molecule has 0 aromatic heterocycles. The van der Waals surface area contributed by atoms with Gasteiger partial charge in [-0.1, -0.05) is 24.3 Å². The molecule has 0 aliphatic carbocycles. The Labute approximate surface area is 206 Å². The number of aliphatic hydroxyl groups excluding tert-OH is 1. The molecule has 1 N–H and O–H groups in total.